The van der Waals surface area contributed by atoms with Crippen LogP contribution in [0.15, 0.2) is 115 Å². The molecule has 34 heavy (non-hydrogen) atoms. The first kappa shape index (κ1) is 21.7. The summed E-state index contributed by atoms with van der Waals surface area (Å²) < 4.78 is 15.8. The van der Waals surface area contributed by atoms with Crippen LogP contribution in [0.2, 0.25) is 0 Å². The van der Waals surface area contributed by atoms with Crippen LogP contribution in [-0.2, 0) is 19.6 Å². The lowest BCUT2D eigenvalue weighted by molar-refractivity contribution is 0.0728. The van der Waals surface area contributed by atoms with E-state index in [1.54, 1.807) is 12.1 Å². The smallest absolute Gasteiger partial charge is 0.255 e. The van der Waals surface area contributed by atoms with Crippen LogP contribution in [-0.4, -0.2) is 15.4 Å². The Balaban J connectivity index is 1.48. The van der Waals surface area contributed by atoms with Gasteiger partial charge in [-0.25, -0.2) is 4.39 Å². The summed E-state index contributed by atoms with van der Waals surface area (Å²) in [5.41, 5.74) is 3.64. The molecule has 0 fully saturated rings. The molecule has 1 heterocycles. The Kier molecular flexibility index (Phi) is 6.21. The first-order valence-corrected chi connectivity index (χ1v) is 11.4. The van der Waals surface area contributed by atoms with Crippen molar-refractivity contribution in [3.8, 4) is 0 Å². The summed E-state index contributed by atoms with van der Waals surface area (Å²) in [6.45, 7) is 1.48. The Morgan fingerprint density at radius 1 is 0.735 bits per heavy atom. The third-order valence-corrected chi connectivity index (χ3v) is 6.04. The lowest BCUT2D eigenvalue weighted by Gasteiger charge is -2.25. The van der Waals surface area contributed by atoms with E-state index < -0.39 is 0 Å². The topological polar surface area (TPSA) is 25.2 Å². The number of aromatic nitrogens is 1. The summed E-state index contributed by atoms with van der Waals surface area (Å²) >= 11 is 0. The highest BCUT2D eigenvalue weighted by Crippen LogP contribution is 2.22. The highest BCUT2D eigenvalue weighted by molar-refractivity contribution is 6.07. The number of halogens is 1. The van der Waals surface area contributed by atoms with Crippen LogP contribution in [0.25, 0.3) is 10.8 Å². The molecule has 0 saturated carbocycles. The minimum absolute atomic E-state index is 0.0147. The van der Waals surface area contributed by atoms with Gasteiger partial charge in [0.05, 0.1) is 6.54 Å². The lowest BCUT2D eigenvalue weighted by atomic mass is 10.0. The number of benzene rings is 4. The molecule has 0 aliphatic heterocycles. The SMILES string of the molecule is O=C(c1cccc2ccccc12)N(Cc1ccccc1)Cc1cccn1Cc1cccc(F)c1. The zero-order chi connectivity index (χ0) is 23.3. The summed E-state index contributed by atoms with van der Waals surface area (Å²) in [5.74, 6) is -0.262. The molecule has 0 unspecified atom stereocenters. The van der Waals surface area contributed by atoms with Gasteiger partial charge in [-0.2, -0.15) is 0 Å². The fourth-order valence-corrected chi connectivity index (χ4v) is 4.36. The number of carbonyl (C=O) groups excluding carboxylic acids is 1. The molecule has 1 aromatic heterocycles. The molecule has 4 heteroatoms. The standard InChI is InChI=1S/C30H25FN2O/c31-26-14-6-11-24(19-26)21-32-18-8-15-27(32)22-33(20-23-9-2-1-3-10-23)30(34)29-17-7-13-25-12-4-5-16-28(25)29/h1-19H,20-22H2. The normalized spacial score (nSPS) is 11.0. The van der Waals surface area contributed by atoms with Crippen molar-refractivity contribution in [1.29, 1.82) is 0 Å². The third kappa shape index (κ3) is 4.76. The van der Waals surface area contributed by atoms with E-state index >= 15 is 0 Å². The first-order valence-electron chi connectivity index (χ1n) is 11.4. The van der Waals surface area contributed by atoms with Crippen LogP contribution in [0.3, 0.4) is 0 Å². The average Bonchev–Trinajstić information content (AvgIpc) is 3.30. The Morgan fingerprint density at radius 3 is 2.32 bits per heavy atom. The van der Waals surface area contributed by atoms with Crippen molar-refractivity contribution in [3.63, 3.8) is 0 Å². The minimum Gasteiger partial charge on any atom is -0.345 e. The van der Waals surface area contributed by atoms with Crippen molar-refractivity contribution in [3.05, 3.63) is 144 Å². The van der Waals surface area contributed by atoms with Crippen LogP contribution < -0.4 is 0 Å². The van der Waals surface area contributed by atoms with E-state index in [0.717, 1.165) is 27.6 Å². The van der Waals surface area contributed by atoms with Gasteiger partial charge in [0, 0.05) is 30.5 Å². The monoisotopic (exact) mass is 448 g/mol. The second-order valence-electron chi connectivity index (χ2n) is 8.43. The van der Waals surface area contributed by atoms with Gasteiger partial charge in [-0.05, 0) is 52.2 Å². The summed E-state index contributed by atoms with van der Waals surface area (Å²) in [4.78, 5) is 15.8. The highest BCUT2D eigenvalue weighted by Gasteiger charge is 2.20. The van der Waals surface area contributed by atoms with Crippen LogP contribution >= 0.6 is 0 Å². The Labute approximate surface area is 198 Å². The van der Waals surface area contributed by atoms with E-state index in [2.05, 4.69) is 4.57 Å². The summed E-state index contributed by atoms with van der Waals surface area (Å²) in [5, 5.41) is 1.99. The zero-order valence-corrected chi connectivity index (χ0v) is 18.8. The number of carbonyl (C=O) groups is 1. The highest BCUT2D eigenvalue weighted by atomic mass is 19.1. The fourth-order valence-electron chi connectivity index (χ4n) is 4.36. The van der Waals surface area contributed by atoms with Gasteiger partial charge in [-0.3, -0.25) is 4.79 Å². The van der Waals surface area contributed by atoms with E-state index in [1.807, 2.05) is 102 Å². The average molecular weight is 449 g/mol. The second-order valence-corrected chi connectivity index (χ2v) is 8.43. The van der Waals surface area contributed by atoms with E-state index in [-0.39, 0.29) is 11.7 Å². The van der Waals surface area contributed by atoms with Crippen molar-refractivity contribution in [2.75, 3.05) is 0 Å². The molecule has 0 spiro atoms. The Morgan fingerprint density at radius 2 is 1.47 bits per heavy atom. The number of hydrogen-bond donors (Lipinski definition) is 0. The van der Waals surface area contributed by atoms with Crippen LogP contribution in [0, 0.1) is 5.82 Å². The van der Waals surface area contributed by atoms with Crippen molar-refractivity contribution in [2.45, 2.75) is 19.6 Å². The van der Waals surface area contributed by atoms with Crippen molar-refractivity contribution < 1.29 is 9.18 Å². The molecule has 0 atom stereocenters. The molecule has 0 aliphatic carbocycles. The minimum atomic E-state index is -0.247. The van der Waals surface area contributed by atoms with Gasteiger partial charge in [0.25, 0.3) is 5.91 Å². The summed E-state index contributed by atoms with van der Waals surface area (Å²) in [7, 11) is 0. The Hall–Kier alpha value is -4.18. The molecule has 0 bridgehead atoms. The van der Waals surface area contributed by atoms with E-state index in [4.69, 9.17) is 0 Å². The quantitative estimate of drug-likeness (QED) is 0.273. The largest absolute Gasteiger partial charge is 0.345 e. The maximum atomic E-state index is 13.9. The molecule has 168 valence electrons. The Bertz CT molecular complexity index is 1420. The third-order valence-electron chi connectivity index (χ3n) is 6.04. The van der Waals surface area contributed by atoms with Gasteiger partial charge in [0.2, 0.25) is 0 Å². The first-order chi connectivity index (χ1) is 16.7. The van der Waals surface area contributed by atoms with Crippen LogP contribution in [0.4, 0.5) is 4.39 Å². The zero-order valence-electron chi connectivity index (χ0n) is 18.8. The van der Waals surface area contributed by atoms with Gasteiger partial charge >= 0.3 is 0 Å². The second kappa shape index (κ2) is 9.75. The molecule has 0 saturated heterocycles. The number of amides is 1. The maximum absolute atomic E-state index is 13.9. The number of hydrogen-bond acceptors (Lipinski definition) is 1. The molecule has 5 rings (SSSR count). The lowest BCUT2D eigenvalue weighted by Crippen LogP contribution is -2.31. The van der Waals surface area contributed by atoms with Crippen molar-refractivity contribution >= 4 is 16.7 Å². The molecular formula is C30H25FN2O. The number of fused-ring (bicyclic) bond motifs is 1. The van der Waals surface area contributed by atoms with E-state index in [0.29, 0.717) is 25.2 Å². The van der Waals surface area contributed by atoms with Crippen LogP contribution in [0.1, 0.15) is 27.2 Å². The molecule has 0 N–H and O–H groups in total. The van der Waals surface area contributed by atoms with Gasteiger partial charge in [-0.15, -0.1) is 0 Å². The van der Waals surface area contributed by atoms with E-state index in [1.165, 1.54) is 6.07 Å². The maximum Gasteiger partial charge on any atom is 0.255 e. The molecule has 1 amide bonds. The van der Waals surface area contributed by atoms with Gasteiger partial charge in [0.1, 0.15) is 5.82 Å². The summed E-state index contributed by atoms with van der Waals surface area (Å²) in [6, 6.07) is 34.5. The van der Waals surface area contributed by atoms with E-state index in [9.17, 15) is 9.18 Å². The summed E-state index contributed by atoms with van der Waals surface area (Å²) in [6.07, 6.45) is 1.98. The molecule has 4 aromatic carbocycles. The number of rotatable bonds is 7. The predicted molar refractivity (Wildman–Crippen MR) is 134 cm³/mol. The van der Waals surface area contributed by atoms with Crippen molar-refractivity contribution in [2.24, 2.45) is 0 Å². The van der Waals surface area contributed by atoms with Gasteiger partial charge in [0.15, 0.2) is 0 Å². The fraction of sp³-hybridized carbons (Fsp3) is 0.100. The van der Waals surface area contributed by atoms with Gasteiger partial charge in [-0.1, -0.05) is 78.9 Å². The molecular weight excluding hydrogens is 423 g/mol. The van der Waals surface area contributed by atoms with Crippen molar-refractivity contribution in [1.82, 2.24) is 9.47 Å². The molecule has 5 aromatic rings. The van der Waals surface area contributed by atoms with Crippen LogP contribution in [0.5, 0.6) is 0 Å². The number of nitrogens with zero attached hydrogens (tertiary/aromatic N) is 2. The molecule has 0 radical (unpaired) electrons. The predicted octanol–water partition coefficient (Wildman–Crippen LogP) is 6.67. The molecule has 0 aliphatic rings. The molecule has 3 nitrogen and oxygen atoms in total. The van der Waals surface area contributed by atoms with Gasteiger partial charge < -0.3 is 9.47 Å².